The third kappa shape index (κ3) is 4.90. The second-order valence-electron chi connectivity index (χ2n) is 9.48. The molecule has 1 atom stereocenters. The molecule has 0 amide bonds. The van der Waals surface area contributed by atoms with E-state index in [0.717, 1.165) is 62.4 Å². The number of para-hydroxylation sites is 2. The van der Waals surface area contributed by atoms with Crippen LogP contribution in [0.1, 0.15) is 51.0 Å². The van der Waals surface area contributed by atoms with Gasteiger partial charge in [-0.05, 0) is 37.5 Å². The van der Waals surface area contributed by atoms with Crippen LogP contribution in [0.25, 0.3) is 0 Å². The molecule has 0 radical (unpaired) electrons. The van der Waals surface area contributed by atoms with Crippen LogP contribution in [0.15, 0.2) is 54.6 Å². The lowest BCUT2D eigenvalue weighted by molar-refractivity contribution is -0.526. The van der Waals surface area contributed by atoms with Crippen LogP contribution >= 0.6 is 0 Å². The minimum atomic E-state index is -0.455. The van der Waals surface area contributed by atoms with E-state index in [9.17, 15) is 4.79 Å². The molecule has 1 heterocycles. The summed E-state index contributed by atoms with van der Waals surface area (Å²) in [6.45, 7) is 5.99. The Balaban J connectivity index is 1.48. The van der Waals surface area contributed by atoms with Gasteiger partial charge in [-0.15, -0.1) is 0 Å². The molecule has 2 aromatic carbocycles. The first-order chi connectivity index (χ1) is 15.6. The largest absolute Gasteiger partial charge is 0.495 e. The zero-order chi connectivity index (χ0) is 22.4. The number of ether oxygens (including phenoxy) is 1. The van der Waals surface area contributed by atoms with Crippen LogP contribution < -0.4 is 9.64 Å². The first-order valence-corrected chi connectivity index (χ1v) is 12.2. The molecule has 1 saturated carbocycles. The maximum absolute atomic E-state index is 13.7. The molecular weight excluding hydrogens is 396 g/mol. The summed E-state index contributed by atoms with van der Waals surface area (Å²) in [5.41, 5.74) is 1.86. The van der Waals surface area contributed by atoms with Crippen LogP contribution in [0.3, 0.4) is 0 Å². The van der Waals surface area contributed by atoms with Gasteiger partial charge >= 0.3 is 0 Å². The summed E-state index contributed by atoms with van der Waals surface area (Å²) in [7, 11) is 1.73. The molecule has 0 N–H and O–H groups in total. The van der Waals surface area contributed by atoms with Gasteiger partial charge in [-0.25, -0.2) is 4.58 Å². The average Bonchev–Trinajstić information content (AvgIpc) is 2.88. The summed E-state index contributed by atoms with van der Waals surface area (Å²) in [6, 6.07) is 18.7. The lowest BCUT2D eigenvalue weighted by Gasteiger charge is -2.33. The molecule has 2 aromatic rings. The number of ketones is 1. The summed E-state index contributed by atoms with van der Waals surface area (Å²) in [5, 5.41) is 0. The van der Waals surface area contributed by atoms with E-state index in [2.05, 4.69) is 59.0 Å². The third-order valence-electron chi connectivity index (χ3n) is 7.43. The lowest BCUT2D eigenvalue weighted by Crippen LogP contribution is -2.44. The average molecular weight is 434 g/mol. The Bertz CT molecular complexity index is 923. The summed E-state index contributed by atoms with van der Waals surface area (Å²) >= 11 is 0. The van der Waals surface area contributed by atoms with Gasteiger partial charge in [-0.2, -0.15) is 0 Å². The van der Waals surface area contributed by atoms with Crippen LogP contribution in [0.2, 0.25) is 0 Å². The molecule has 0 spiro atoms. The molecule has 4 nitrogen and oxygen atoms in total. The molecule has 1 aliphatic heterocycles. The topological polar surface area (TPSA) is 32.5 Å². The number of hydrogen-bond acceptors (Lipinski definition) is 3. The molecule has 1 saturated heterocycles. The Hall–Kier alpha value is -2.62. The Kier molecular flexibility index (Phi) is 7.29. The number of rotatable bonds is 7. The van der Waals surface area contributed by atoms with E-state index in [1.54, 1.807) is 7.11 Å². The Morgan fingerprint density at radius 1 is 1.03 bits per heavy atom. The Morgan fingerprint density at radius 3 is 2.38 bits per heavy atom. The number of carbonyl (C=O) groups excluding carboxylic acids is 1. The molecule has 0 unspecified atom stereocenters. The molecule has 1 aliphatic carbocycles. The predicted octanol–water partition coefficient (Wildman–Crippen LogP) is 5.10. The second kappa shape index (κ2) is 10.3. The van der Waals surface area contributed by atoms with E-state index in [4.69, 9.17) is 4.74 Å². The SMILES string of the molecule is COc1ccccc1N1CC[N+](=CC[C@@](C)(C(=O)C2CCCCC2)c2ccccc2)CC1. The highest BCUT2D eigenvalue weighted by Gasteiger charge is 2.40. The summed E-state index contributed by atoms with van der Waals surface area (Å²) in [4.78, 5) is 16.1. The highest BCUT2D eigenvalue weighted by molar-refractivity contribution is 5.93. The van der Waals surface area contributed by atoms with Gasteiger partial charge in [0.2, 0.25) is 0 Å². The van der Waals surface area contributed by atoms with Crippen LogP contribution in [0.5, 0.6) is 5.75 Å². The number of piperazine rings is 1. The molecular formula is C28H37N2O2+. The minimum absolute atomic E-state index is 0.213. The predicted molar refractivity (Wildman–Crippen MR) is 131 cm³/mol. The fourth-order valence-electron chi connectivity index (χ4n) is 5.33. The fraction of sp³-hybridized carbons (Fsp3) is 0.500. The van der Waals surface area contributed by atoms with Gasteiger partial charge in [0.15, 0.2) is 13.1 Å². The fourth-order valence-corrected chi connectivity index (χ4v) is 5.33. The van der Waals surface area contributed by atoms with Gasteiger partial charge in [0, 0.05) is 12.3 Å². The van der Waals surface area contributed by atoms with E-state index in [1.165, 1.54) is 19.3 Å². The molecule has 32 heavy (non-hydrogen) atoms. The Morgan fingerprint density at radius 2 is 1.69 bits per heavy atom. The second-order valence-corrected chi connectivity index (χ2v) is 9.48. The van der Waals surface area contributed by atoms with Gasteiger partial charge < -0.3 is 9.64 Å². The first kappa shape index (κ1) is 22.6. The van der Waals surface area contributed by atoms with Gasteiger partial charge in [-0.1, -0.05) is 61.7 Å². The van der Waals surface area contributed by atoms with Crippen molar-refractivity contribution >= 4 is 17.7 Å². The zero-order valence-corrected chi connectivity index (χ0v) is 19.6. The van der Waals surface area contributed by atoms with Crippen molar-refractivity contribution in [3.8, 4) is 5.75 Å². The van der Waals surface area contributed by atoms with Crippen molar-refractivity contribution in [2.24, 2.45) is 5.92 Å². The summed E-state index contributed by atoms with van der Waals surface area (Å²) in [5.74, 6) is 1.58. The number of methoxy groups -OCH3 is 1. The number of carbonyl (C=O) groups is 1. The van der Waals surface area contributed by atoms with E-state index in [1.807, 2.05) is 18.2 Å². The lowest BCUT2D eigenvalue weighted by atomic mass is 9.69. The summed E-state index contributed by atoms with van der Waals surface area (Å²) in [6.07, 6.45) is 8.83. The monoisotopic (exact) mass is 433 g/mol. The van der Waals surface area contributed by atoms with Crippen molar-refractivity contribution in [2.45, 2.75) is 50.9 Å². The number of Topliss-reactive ketones (excluding diaryl/α,β-unsaturated/α-hetero) is 1. The van der Waals surface area contributed by atoms with Crippen molar-refractivity contribution in [1.82, 2.24) is 0 Å². The van der Waals surface area contributed by atoms with Gasteiger partial charge in [0.1, 0.15) is 17.7 Å². The number of anilines is 1. The highest BCUT2D eigenvalue weighted by Crippen LogP contribution is 2.36. The normalized spacial score (nSPS) is 19.3. The van der Waals surface area contributed by atoms with Gasteiger partial charge in [-0.3, -0.25) is 4.79 Å². The maximum Gasteiger partial charge on any atom is 0.160 e. The molecule has 170 valence electrons. The molecule has 2 aliphatic rings. The first-order valence-electron chi connectivity index (χ1n) is 12.2. The molecule has 4 heteroatoms. The molecule has 0 aromatic heterocycles. The van der Waals surface area contributed by atoms with E-state index >= 15 is 0 Å². The molecule has 4 rings (SSSR count). The summed E-state index contributed by atoms with van der Waals surface area (Å²) < 4.78 is 7.95. The van der Waals surface area contributed by atoms with Crippen molar-refractivity contribution in [2.75, 3.05) is 38.2 Å². The van der Waals surface area contributed by atoms with Crippen molar-refractivity contribution in [1.29, 1.82) is 0 Å². The third-order valence-corrected chi connectivity index (χ3v) is 7.43. The van der Waals surface area contributed by atoms with Gasteiger partial charge in [0.05, 0.1) is 31.3 Å². The quantitative estimate of drug-likeness (QED) is 0.570. The van der Waals surface area contributed by atoms with Crippen LogP contribution in [0, 0.1) is 5.92 Å². The number of hydrogen-bond donors (Lipinski definition) is 0. The number of benzene rings is 2. The van der Waals surface area contributed by atoms with Crippen molar-refractivity contribution in [3.63, 3.8) is 0 Å². The minimum Gasteiger partial charge on any atom is -0.495 e. The number of nitrogens with zero attached hydrogens (tertiary/aromatic N) is 2. The molecule has 2 fully saturated rings. The van der Waals surface area contributed by atoms with E-state index < -0.39 is 5.41 Å². The van der Waals surface area contributed by atoms with Crippen LogP contribution in [-0.2, 0) is 10.2 Å². The van der Waals surface area contributed by atoms with Gasteiger partial charge in [0.25, 0.3) is 0 Å². The zero-order valence-electron chi connectivity index (χ0n) is 19.6. The maximum atomic E-state index is 13.7. The Labute approximate surface area is 192 Å². The van der Waals surface area contributed by atoms with Crippen LogP contribution in [0.4, 0.5) is 5.69 Å². The molecule has 0 bridgehead atoms. The standard InChI is InChI=1S/C28H37N2O2/c1-28(24-13-7-4-8-14-24,27(31)23-11-5-3-6-12-23)17-18-29-19-21-30(22-20-29)25-15-9-10-16-26(25)32-2/h4,7-10,13-16,18,23H,3,5-6,11-12,17,19-22H2,1-2H3/q+1/t28-/m1/s1. The smallest absolute Gasteiger partial charge is 0.160 e. The van der Waals surface area contributed by atoms with E-state index in [0.29, 0.717) is 5.78 Å². The van der Waals surface area contributed by atoms with Crippen molar-refractivity contribution in [3.05, 3.63) is 60.2 Å². The van der Waals surface area contributed by atoms with E-state index in [-0.39, 0.29) is 5.92 Å². The van der Waals surface area contributed by atoms with Crippen molar-refractivity contribution < 1.29 is 14.1 Å². The van der Waals surface area contributed by atoms with Crippen LogP contribution in [-0.4, -0.2) is 49.9 Å². The highest BCUT2D eigenvalue weighted by atomic mass is 16.5.